The zero-order chi connectivity index (χ0) is 16.8. The summed E-state index contributed by atoms with van der Waals surface area (Å²) in [6, 6.07) is 10.0. The van der Waals surface area contributed by atoms with Crippen LogP contribution in [-0.4, -0.2) is 43.6 Å². The first-order valence-corrected chi connectivity index (χ1v) is 8.48. The molecule has 0 unspecified atom stereocenters. The lowest BCUT2D eigenvalue weighted by Crippen LogP contribution is -2.44. The van der Waals surface area contributed by atoms with E-state index in [1.165, 1.54) is 0 Å². The molecule has 3 rings (SSSR count). The third kappa shape index (κ3) is 4.74. The fourth-order valence-electron chi connectivity index (χ4n) is 2.88. The van der Waals surface area contributed by atoms with Crippen LogP contribution < -0.4 is 0 Å². The van der Waals surface area contributed by atoms with Crippen molar-refractivity contribution in [3.8, 4) is 0 Å². The second kappa shape index (κ2) is 8.53. The van der Waals surface area contributed by atoms with Crippen LogP contribution in [0.4, 0.5) is 0 Å². The van der Waals surface area contributed by atoms with Gasteiger partial charge in [0, 0.05) is 6.61 Å². The summed E-state index contributed by atoms with van der Waals surface area (Å²) in [6.07, 6.45) is 3.63. The van der Waals surface area contributed by atoms with Crippen LogP contribution in [0.2, 0.25) is 0 Å². The molecule has 1 saturated heterocycles. The topological polar surface area (TPSA) is 54.0 Å². The van der Waals surface area contributed by atoms with Crippen molar-refractivity contribution in [1.82, 2.24) is 0 Å². The van der Waals surface area contributed by atoms with Gasteiger partial charge in [0.05, 0.1) is 13.2 Å². The van der Waals surface area contributed by atoms with E-state index in [0.717, 1.165) is 12.0 Å². The lowest BCUT2D eigenvalue weighted by Gasteiger charge is -2.33. The molecule has 2 heterocycles. The highest BCUT2D eigenvalue weighted by atomic mass is 16.7. The monoisotopic (exact) mass is 332 g/mol. The summed E-state index contributed by atoms with van der Waals surface area (Å²) in [4.78, 5) is 12.2. The first kappa shape index (κ1) is 17.3. The van der Waals surface area contributed by atoms with Gasteiger partial charge in [-0.05, 0) is 37.5 Å². The molecule has 0 saturated carbocycles. The standard InChI is InChI=1S/C19H24O5/c1-14-22-13-19-18(23-14)10-9-16(20)17(24-19)8-5-11-21-12-15-6-3-2-4-7-15/h2-4,6-7,9-10,14,17-19H,5,8,11-13H2,1H3/t14-,17-,18+,19-/m1/s1. The second-order valence-electron chi connectivity index (χ2n) is 6.11. The van der Waals surface area contributed by atoms with E-state index in [-0.39, 0.29) is 24.3 Å². The molecule has 1 aromatic carbocycles. The summed E-state index contributed by atoms with van der Waals surface area (Å²) in [5.74, 6) is -0.0105. The Bertz CT molecular complexity index is 556. The van der Waals surface area contributed by atoms with E-state index < -0.39 is 6.10 Å². The number of benzene rings is 1. The molecule has 5 heteroatoms. The second-order valence-corrected chi connectivity index (χ2v) is 6.11. The van der Waals surface area contributed by atoms with Crippen molar-refractivity contribution >= 4 is 5.78 Å². The van der Waals surface area contributed by atoms with Crippen LogP contribution in [0.15, 0.2) is 42.5 Å². The third-order valence-electron chi connectivity index (χ3n) is 4.18. The van der Waals surface area contributed by atoms with Gasteiger partial charge in [0.25, 0.3) is 0 Å². The van der Waals surface area contributed by atoms with E-state index in [2.05, 4.69) is 0 Å². The largest absolute Gasteiger partial charge is 0.377 e. The number of hydrogen-bond acceptors (Lipinski definition) is 5. The van der Waals surface area contributed by atoms with Gasteiger partial charge in [0.15, 0.2) is 12.1 Å². The smallest absolute Gasteiger partial charge is 0.184 e. The normalized spacial score (nSPS) is 30.0. The number of hydrogen-bond donors (Lipinski definition) is 0. The molecule has 1 fully saturated rings. The highest BCUT2D eigenvalue weighted by Gasteiger charge is 2.35. The maximum absolute atomic E-state index is 12.2. The predicted molar refractivity (Wildman–Crippen MR) is 88.4 cm³/mol. The Morgan fingerprint density at radius 2 is 2.04 bits per heavy atom. The summed E-state index contributed by atoms with van der Waals surface area (Å²) < 4.78 is 22.7. The SMILES string of the molecule is C[C@@H]1OC[C@H]2O[C@H](CCCOCc3ccccc3)C(=O)C=C[C@@H]2O1. The van der Waals surface area contributed by atoms with Crippen molar-refractivity contribution in [2.75, 3.05) is 13.2 Å². The molecule has 0 aliphatic carbocycles. The van der Waals surface area contributed by atoms with E-state index in [9.17, 15) is 4.79 Å². The van der Waals surface area contributed by atoms with Crippen LogP contribution in [0.3, 0.4) is 0 Å². The Morgan fingerprint density at radius 3 is 2.88 bits per heavy atom. The molecule has 0 radical (unpaired) electrons. The molecule has 2 aliphatic heterocycles. The van der Waals surface area contributed by atoms with Gasteiger partial charge >= 0.3 is 0 Å². The molecule has 0 bridgehead atoms. The summed E-state index contributed by atoms with van der Waals surface area (Å²) >= 11 is 0. The number of fused-ring (bicyclic) bond motifs is 1. The van der Waals surface area contributed by atoms with Crippen LogP contribution in [0.1, 0.15) is 25.3 Å². The van der Waals surface area contributed by atoms with Gasteiger partial charge in [0.2, 0.25) is 0 Å². The maximum Gasteiger partial charge on any atom is 0.184 e. The van der Waals surface area contributed by atoms with Gasteiger partial charge in [-0.1, -0.05) is 30.3 Å². The fraction of sp³-hybridized carbons (Fsp3) is 0.526. The van der Waals surface area contributed by atoms with E-state index in [1.807, 2.05) is 37.3 Å². The molecule has 0 spiro atoms. The highest BCUT2D eigenvalue weighted by Crippen LogP contribution is 2.23. The minimum absolute atomic E-state index is 0.0105. The van der Waals surface area contributed by atoms with Crippen molar-refractivity contribution < 1.29 is 23.7 Å². The van der Waals surface area contributed by atoms with E-state index in [1.54, 1.807) is 12.2 Å². The number of carbonyl (C=O) groups excluding carboxylic acids is 1. The molecule has 2 aliphatic rings. The maximum atomic E-state index is 12.2. The van der Waals surface area contributed by atoms with Crippen LogP contribution in [0.25, 0.3) is 0 Å². The van der Waals surface area contributed by atoms with E-state index >= 15 is 0 Å². The average molecular weight is 332 g/mol. The van der Waals surface area contributed by atoms with Crippen molar-refractivity contribution in [3.63, 3.8) is 0 Å². The van der Waals surface area contributed by atoms with Gasteiger partial charge in [0.1, 0.15) is 18.3 Å². The van der Waals surface area contributed by atoms with Crippen molar-refractivity contribution in [2.24, 2.45) is 0 Å². The predicted octanol–water partition coefficient (Wildman–Crippen LogP) is 2.64. The highest BCUT2D eigenvalue weighted by molar-refractivity contribution is 5.93. The summed E-state index contributed by atoms with van der Waals surface area (Å²) in [6.45, 7) is 3.48. The molecular weight excluding hydrogens is 308 g/mol. The first-order chi connectivity index (χ1) is 11.7. The molecule has 1 aromatic rings. The molecule has 24 heavy (non-hydrogen) atoms. The fourth-order valence-corrected chi connectivity index (χ4v) is 2.88. The summed E-state index contributed by atoms with van der Waals surface area (Å²) in [5, 5.41) is 0. The zero-order valence-corrected chi connectivity index (χ0v) is 13.9. The molecule has 5 nitrogen and oxygen atoms in total. The zero-order valence-electron chi connectivity index (χ0n) is 13.9. The van der Waals surface area contributed by atoms with Gasteiger partial charge < -0.3 is 18.9 Å². The third-order valence-corrected chi connectivity index (χ3v) is 4.18. The summed E-state index contributed by atoms with van der Waals surface area (Å²) in [7, 11) is 0. The number of carbonyl (C=O) groups is 1. The van der Waals surface area contributed by atoms with Crippen LogP contribution in [-0.2, 0) is 30.3 Å². The average Bonchev–Trinajstić information content (AvgIpc) is 2.75. The molecule has 0 aromatic heterocycles. The van der Waals surface area contributed by atoms with Crippen LogP contribution >= 0.6 is 0 Å². The lowest BCUT2D eigenvalue weighted by atomic mass is 10.1. The van der Waals surface area contributed by atoms with E-state index in [4.69, 9.17) is 18.9 Å². The molecule has 0 amide bonds. The first-order valence-electron chi connectivity index (χ1n) is 8.48. The molecule has 4 atom stereocenters. The Hall–Kier alpha value is -1.53. The van der Waals surface area contributed by atoms with Gasteiger partial charge in [-0.2, -0.15) is 0 Å². The van der Waals surface area contributed by atoms with Crippen molar-refractivity contribution in [2.45, 2.75) is 51.0 Å². The quantitative estimate of drug-likeness (QED) is 0.750. The molecule has 130 valence electrons. The minimum Gasteiger partial charge on any atom is -0.377 e. The number of ether oxygens (including phenoxy) is 4. The Kier molecular flexibility index (Phi) is 6.15. The van der Waals surface area contributed by atoms with Gasteiger partial charge in [-0.3, -0.25) is 4.79 Å². The molecular formula is C19H24O5. The van der Waals surface area contributed by atoms with Crippen LogP contribution in [0.5, 0.6) is 0 Å². The van der Waals surface area contributed by atoms with Crippen molar-refractivity contribution in [3.05, 3.63) is 48.0 Å². The van der Waals surface area contributed by atoms with Gasteiger partial charge in [-0.25, -0.2) is 0 Å². The van der Waals surface area contributed by atoms with E-state index in [0.29, 0.717) is 26.2 Å². The van der Waals surface area contributed by atoms with Crippen LogP contribution in [0, 0.1) is 0 Å². The molecule has 0 N–H and O–H groups in total. The van der Waals surface area contributed by atoms with Crippen molar-refractivity contribution in [1.29, 1.82) is 0 Å². The Balaban J connectivity index is 1.42. The number of ketones is 1. The lowest BCUT2D eigenvalue weighted by molar-refractivity contribution is -0.246. The number of rotatable bonds is 6. The Labute approximate surface area is 142 Å². The van der Waals surface area contributed by atoms with Gasteiger partial charge in [-0.15, -0.1) is 0 Å². The summed E-state index contributed by atoms with van der Waals surface area (Å²) in [5.41, 5.74) is 1.15. The minimum atomic E-state index is -0.447. The Morgan fingerprint density at radius 1 is 1.21 bits per heavy atom.